The average molecular weight is 371 g/mol. The van der Waals surface area contributed by atoms with Gasteiger partial charge in [-0.25, -0.2) is 0 Å². The summed E-state index contributed by atoms with van der Waals surface area (Å²) in [7, 11) is 5.06. The Labute approximate surface area is 161 Å². The summed E-state index contributed by atoms with van der Waals surface area (Å²) >= 11 is 0. The lowest BCUT2D eigenvalue weighted by molar-refractivity contribution is 0.213. The minimum Gasteiger partial charge on any atom is -0.496 e. The van der Waals surface area contributed by atoms with Crippen LogP contribution in [-0.2, 0) is 6.54 Å². The van der Waals surface area contributed by atoms with E-state index in [0.29, 0.717) is 19.0 Å². The first kappa shape index (κ1) is 20.4. The van der Waals surface area contributed by atoms with Gasteiger partial charge in [-0.3, -0.25) is 4.99 Å². The standard InChI is InChI=1S/C21H29N3O3/c1-15-10-11-17(20(12-15)26-5)14-24-21(22-3)23-13-16(2)27-19-9-7-6-8-18(19)25-4/h6-12,16H,13-14H2,1-5H3,(H2,22,23,24). The molecular formula is C21H29N3O3. The molecule has 0 amide bonds. The fourth-order valence-electron chi connectivity index (χ4n) is 2.61. The number of ether oxygens (including phenoxy) is 3. The van der Waals surface area contributed by atoms with Crippen LogP contribution in [0, 0.1) is 6.92 Å². The fraction of sp³-hybridized carbons (Fsp3) is 0.381. The van der Waals surface area contributed by atoms with Gasteiger partial charge in [-0.05, 0) is 37.6 Å². The largest absolute Gasteiger partial charge is 0.496 e. The molecule has 146 valence electrons. The second-order valence-electron chi connectivity index (χ2n) is 6.20. The Morgan fingerprint density at radius 2 is 1.70 bits per heavy atom. The first-order valence-corrected chi connectivity index (χ1v) is 8.95. The third-order valence-corrected chi connectivity index (χ3v) is 4.07. The molecule has 2 N–H and O–H groups in total. The highest BCUT2D eigenvalue weighted by Gasteiger charge is 2.10. The van der Waals surface area contributed by atoms with Crippen molar-refractivity contribution in [2.75, 3.05) is 27.8 Å². The summed E-state index contributed by atoms with van der Waals surface area (Å²) in [4.78, 5) is 4.26. The smallest absolute Gasteiger partial charge is 0.191 e. The lowest BCUT2D eigenvalue weighted by atomic mass is 10.1. The van der Waals surface area contributed by atoms with E-state index >= 15 is 0 Å². The number of nitrogens with zero attached hydrogens (tertiary/aromatic N) is 1. The second kappa shape index (κ2) is 10.3. The van der Waals surface area contributed by atoms with Gasteiger partial charge in [0.15, 0.2) is 17.5 Å². The van der Waals surface area contributed by atoms with Gasteiger partial charge in [-0.1, -0.05) is 24.3 Å². The highest BCUT2D eigenvalue weighted by Crippen LogP contribution is 2.26. The lowest BCUT2D eigenvalue weighted by Gasteiger charge is -2.19. The number of methoxy groups -OCH3 is 2. The normalized spacial score (nSPS) is 12.3. The van der Waals surface area contributed by atoms with Crippen molar-refractivity contribution in [3.8, 4) is 17.2 Å². The molecule has 2 rings (SSSR count). The van der Waals surface area contributed by atoms with Crippen molar-refractivity contribution in [1.29, 1.82) is 0 Å². The van der Waals surface area contributed by atoms with Crippen molar-refractivity contribution in [1.82, 2.24) is 10.6 Å². The highest BCUT2D eigenvalue weighted by molar-refractivity contribution is 5.79. The predicted octanol–water partition coefficient (Wildman–Crippen LogP) is 3.14. The molecule has 0 radical (unpaired) electrons. The molecule has 27 heavy (non-hydrogen) atoms. The van der Waals surface area contributed by atoms with Crippen molar-refractivity contribution in [3.05, 3.63) is 53.6 Å². The molecule has 1 unspecified atom stereocenters. The number of benzene rings is 2. The van der Waals surface area contributed by atoms with E-state index in [1.807, 2.05) is 44.2 Å². The Morgan fingerprint density at radius 1 is 1.00 bits per heavy atom. The molecule has 2 aromatic carbocycles. The molecule has 6 nitrogen and oxygen atoms in total. The van der Waals surface area contributed by atoms with Crippen LogP contribution in [-0.4, -0.2) is 39.9 Å². The molecule has 0 fully saturated rings. The Morgan fingerprint density at radius 3 is 2.37 bits per heavy atom. The third kappa shape index (κ3) is 6.09. The van der Waals surface area contributed by atoms with Gasteiger partial charge >= 0.3 is 0 Å². The van der Waals surface area contributed by atoms with Gasteiger partial charge in [-0.15, -0.1) is 0 Å². The van der Waals surface area contributed by atoms with Gasteiger partial charge in [0, 0.05) is 19.2 Å². The van der Waals surface area contributed by atoms with Crippen molar-refractivity contribution in [3.63, 3.8) is 0 Å². The van der Waals surface area contributed by atoms with Crippen LogP contribution in [0.1, 0.15) is 18.1 Å². The van der Waals surface area contributed by atoms with Crippen molar-refractivity contribution in [2.45, 2.75) is 26.5 Å². The van der Waals surface area contributed by atoms with E-state index in [-0.39, 0.29) is 6.10 Å². The molecule has 0 spiro atoms. The summed E-state index contributed by atoms with van der Waals surface area (Å²) in [5, 5.41) is 6.58. The van der Waals surface area contributed by atoms with Crippen LogP contribution in [0.2, 0.25) is 0 Å². The third-order valence-electron chi connectivity index (χ3n) is 4.07. The Balaban J connectivity index is 1.86. The summed E-state index contributed by atoms with van der Waals surface area (Å²) < 4.78 is 16.7. The molecule has 1 atom stereocenters. The first-order valence-electron chi connectivity index (χ1n) is 8.95. The monoisotopic (exact) mass is 371 g/mol. The maximum atomic E-state index is 5.95. The lowest BCUT2D eigenvalue weighted by Crippen LogP contribution is -2.41. The fourth-order valence-corrected chi connectivity index (χ4v) is 2.61. The van der Waals surface area contributed by atoms with Crippen LogP contribution in [0.15, 0.2) is 47.5 Å². The molecule has 0 aliphatic carbocycles. The highest BCUT2D eigenvalue weighted by atomic mass is 16.5. The zero-order valence-corrected chi connectivity index (χ0v) is 16.7. The number of aryl methyl sites for hydroxylation is 1. The van der Waals surface area contributed by atoms with Crippen LogP contribution in [0.25, 0.3) is 0 Å². The summed E-state index contributed by atoms with van der Waals surface area (Å²) in [5.74, 6) is 3.01. The molecule has 0 bridgehead atoms. The molecule has 6 heteroatoms. The van der Waals surface area contributed by atoms with Crippen molar-refractivity contribution >= 4 is 5.96 Å². The SMILES string of the molecule is CN=C(NCc1ccc(C)cc1OC)NCC(C)Oc1ccccc1OC. The van der Waals surface area contributed by atoms with Gasteiger partial charge in [-0.2, -0.15) is 0 Å². The van der Waals surface area contributed by atoms with E-state index < -0.39 is 0 Å². The molecule has 0 saturated heterocycles. The number of guanidine groups is 1. The molecule has 0 heterocycles. The van der Waals surface area contributed by atoms with E-state index in [4.69, 9.17) is 14.2 Å². The second-order valence-corrected chi connectivity index (χ2v) is 6.20. The van der Waals surface area contributed by atoms with Gasteiger partial charge < -0.3 is 24.8 Å². The summed E-state index contributed by atoms with van der Waals surface area (Å²) in [6, 6.07) is 13.8. The maximum absolute atomic E-state index is 5.95. The molecule has 0 aromatic heterocycles. The number of rotatable bonds is 8. The van der Waals surface area contributed by atoms with Gasteiger partial charge in [0.05, 0.1) is 20.8 Å². The van der Waals surface area contributed by atoms with Gasteiger partial charge in [0.25, 0.3) is 0 Å². The number of para-hydroxylation sites is 2. The number of aliphatic imine (C=N–C) groups is 1. The maximum Gasteiger partial charge on any atom is 0.191 e. The molecule has 2 aromatic rings. The summed E-state index contributed by atoms with van der Waals surface area (Å²) in [6.07, 6.45) is -0.0613. The number of hydrogen-bond acceptors (Lipinski definition) is 4. The average Bonchev–Trinajstić information content (AvgIpc) is 2.69. The zero-order chi connectivity index (χ0) is 19.6. The summed E-state index contributed by atoms with van der Waals surface area (Å²) in [6.45, 7) is 5.26. The van der Waals surface area contributed by atoms with Crippen LogP contribution in [0.5, 0.6) is 17.2 Å². The van der Waals surface area contributed by atoms with Gasteiger partial charge in [0.2, 0.25) is 0 Å². The zero-order valence-electron chi connectivity index (χ0n) is 16.7. The summed E-state index contributed by atoms with van der Waals surface area (Å²) in [5.41, 5.74) is 2.24. The van der Waals surface area contributed by atoms with E-state index in [1.54, 1.807) is 21.3 Å². The van der Waals surface area contributed by atoms with Crippen LogP contribution in [0.4, 0.5) is 0 Å². The molecule has 0 aliphatic rings. The molecular weight excluding hydrogens is 342 g/mol. The molecule has 0 saturated carbocycles. The number of hydrogen-bond donors (Lipinski definition) is 2. The molecule has 0 aliphatic heterocycles. The van der Waals surface area contributed by atoms with E-state index in [0.717, 1.165) is 22.8 Å². The minimum atomic E-state index is -0.0613. The van der Waals surface area contributed by atoms with Crippen LogP contribution >= 0.6 is 0 Å². The van der Waals surface area contributed by atoms with Crippen molar-refractivity contribution < 1.29 is 14.2 Å². The quantitative estimate of drug-likeness (QED) is 0.551. The Bertz CT molecular complexity index is 762. The van der Waals surface area contributed by atoms with Crippen molar-refractivity contribution in [2.24, 2.45) is 4.99 Å². The van der Waals surface area contributed by atoms with E-state index in [1.165, 1.54) is 5.56 Å². The van der Waals surface area contributed by atoms with E-state index in [2.05, 4.69) is 27.8 Å². The first-order chi connectivity index (χ1) is 13.1. The van der Waals surface area contributed by atoms with Crippen LogP contribution < -0.4 is 24.8 Å². The number of nitrogens with one attached hydrogen (secondary N) is 2. The Hall–Kier alpha value is -2.89. The van der Waals surface area contributed by atoms with E-state index in [9.17, 15) is 0 Å². The minimum absolute atomic E-state index is 0.0613. The Kier molecular flexibility index (Phi) is 7.79. The van der Waals surface area contributed by atoms with Gasteiger partial charge in [0.1, 0.15) is 11.9 Å². The van der Waals surface area contributed by atoms with Crippen LogP contribution in [0.3, 0.4) is 0 Å². The predicted molar refractivity (Wildman–Crippen MR) is 109 cm³/mol. The topological polar surface area (TPSA) is 64.1 Å².